The molecule has 11 rings (SSSR count). The molecule has 0 unspecified atom stereocenters. The minimum Gasteiger partial charge on any atom is -0.295 e. The van der Waals surface area contributed by atoms with Gasteiger partial charge in [-0.2, -0.15) is 0 Å². The molecule has 53 heavy (non-hydrogen) atoms. The summed E-state index contributed by atoms with van der Waals surface area (Å²) in [5.74, 6) is 1.93. The van der Waals surface area contributed by atoms with Crippen molar-refractivity contribution in [3.63, 3.8) is 0 Å². The van der Waals surface area contributed by atoms with Crippen molar-refractivity contribution in [2.45, 2.75) is 9.79 Å². The van der Waals surface area contributed by atoms with Crippen LogP contribution >= 0.6 is 11.8 Å². The van der Waals surface area contributed by atoms with E-state index in [4.69, 9.17) is 15.0 Å². The fourth-order valence-electron chi connectivity index (χ4n) is 7.80. The highest BCUT2D eigenvalue weighted by Gasteiger charge is 2.30. The fraction of sp³-hybridized carbons (Fsp3) is 0. The highest BCUT2D eigenvalue weighted by molar-refractivity contribution is 8.00. The Morgan fingerprint density at radius 2 is 0.981 bits per heavy atom. The van der Waals surface area contributed by atoms with Crippen LogP contribution in [-0.4, -0.2) is 24.1 Å². The molecule has 6 heteroatoms. The van der Waals surface area contributed by atoms with Crippen molar-refractivity contribution < 1.29 is 0 Å². The summed E-state index contributed by atoms with van der Waals surface area (Å²) in [7, 11) is 0. The number of fused-ring (bicyclic) bond motifs is 7. The third-order valence-electron chi connectivity index (χ3n) is 10.2. The van der Waals surface area contributed by atoms with Gasteiger partial charge in [-0.1, -0.05) is 151 Å². The molecule has 1 aliphatic rings. The molecule has 1 aliphatic heterocycles. The first-order valence-corrected chi connectivity index (χ1v) is 18.5. The van der Waals surface area contributed by atoms with E-state index in [2.05, 4.69) is 161 Å². The molecule has 0 aliphatic carbocycles. The van der Waals surface area contributed by atoms with Crippen LogP contribution < -0.4 is 0 Å². The van der Waals surface area contributed by atoms with Gasteiger partial charge in [-0.3, -0.25) is 9.13 Å². The molecule has 0 saturated heterocycles. The summed E-state index contributed by atoms with van der Waals surface area (Å²) in [4.78, 5) is 17.8. The molecule has 10 aromatic rings. The van der Waals surface area contributed by atoms with E-state index in [0.717, 1.165) is 44.2 Å². The molecular formula is C47H29N5S. The molecule has 5 nitrogen and oxygen atoms in total. The van der Waals surface area contributed by atoms with Crippen LogP contribution in [0.5, 0.6) is 0 Å². The van der Waals surface area contributed by atoms with Crippen molar-refractivity contribution in [3.05, 3.63) is 176 Å². The van der Waals surface area contributed by atoms with E-state index in [0.29, 0.717) is 17.5 Å². The Morgan fingerprint density at radius 3 is 1.74 bits per heavy atom. The first-order chi connectivity index (χ1) is 26.3. The zero-order chi connectivity index (χ0) is 34.9. The third kappa shape index (κ3) is 4.69. The molecule has 0 amide bonds. The lowest BCUT2D eigenvalue weighted by molar-refractivity contribution is 1.02. The number of rotatable bonds is 5. The van der Waals surface area contributed by atoms with Gasteiger partial charge in [0.25, 0.3) is 0 Å². The topological polar surface area (TPSA) is 48.5 Å². The van der Waals surface area contributed by atoms with Crippen LogP contribution in [0, 0.1) is 0 Å². The van der Waals surface area contributed by atoms with Crippen LogP contribution in [0.15, 0.2) is 186 Å². The minimum absolute atomic E-state index is 0.641. The largest absolute Gasteiger partial charge is 0.295 e. The zero-order valence-corrected chi connectivity index (χ0v) is 29.2. The number of benzene rings is 7. The summed E-state index contributed by atoms with van der Waals surface area (Å²) in [5.41, 5.74) is 11.0. The highest BCUT2D eigenvalue weighted by Crippen LogP contribution is 2.51. The Bertz CT molecular complexity index is 3000. The van der Waals surface area contributed by atoms with E-state index < -0.39 is 0 Å². The summed E-state index contributed by atoms with van der Waals surface area (Å²) in [6.07, 6.45) is 0. The Kier molecular flexibility index (Phi) is 6.72. The predicted molar refractivity (Wildman–Crippen MR) is 217 cm³/mol. The molecule has 7 aromatic carbocycles. The monoisotopic (exact) mass is 695 g/mol. The number of para-hydroxylation sites is 3. The van der Waals surface area contributed by atoms with Crippen molar-refractivity contribution in [3.8, 4) is 56.7 Å². The summed E-state index contributed by atoms with van der Waals surface area (Å²) < 4.78 is 4.87. The van der Waals surface area contributed by atoms with E-state index in [1.165, 1.54) is 37.7 Å². The molecule has 0 fully saturated rings. The Hall–Kier alpha value is -6.76. The van der Waals surface area contributed by atoms with Gasteiger partial charge in [0, 0.05) is 48.3 Å². The lowest BCUT2D eigenvalue weighted by Crippen LogP contribution is -2.07. The Labute approximate surface area is 309 Å². The van der Waals surface area contributed by atoms with Crippen molar-refractivity contribution in [1.82, 2.24) is 24.1 Å². The van der Waals surface area contributed by atoms with Crippen molar-refractivity contribution in [1.29, 1.82) is 0 Å². The van der Waals surface area contributed by atoms with Gasteiger partial charge < -0.3 is 0 Å². The first-order valence-electron chi connectivity index (χ1n) is 17.7. The maximum atomic E-state index is 5.21. The molecule has 0 bridgehead atoms. The van der Waals surface area contributed by atoms with Crippen molar-refractivity contribution in [2.75, 3.05) is 0 Å². The maximum absolute atomic E-state index is 5.21. The van der Waals surface area contributed by atoms with Crippen LogP contribution in [-0.2, 0) is 0 Å². The molecule has 0 radical (unpaired) electrons. The Morgan fingerprint density at radius 1 is 0.415 bits per heavy atom. The van der Waals surface area contributed by atoms with E-state index in [-0.39, 0.29) is 0 Å². The first kappa shape index (κ1) is 29.9. The number of hydrogen-bond acceptors (Lipinski definition) is 4. The normalized spacial score (nSPS) is 12.1. The van der Waals surface area contributed by atoms with Crippen LogP contribution in [0.2, 0.25) is 0 Å². The molecule has 0 saturated carbocycles. The van der Waals surface area contributed by atoms with E-state index >= 15 is 0 Å². The van der Waals surface area contributed by atoms with Gasteiger partial charge in [0.05, 0.1) is 16.7 Å². The SMILES string of the molecule is c1ccc(-c2ccc(-c3nc(-c4ccccc4)nc(-c4cccc5c4Sc4cccc6c7c8ccccc8n(-c8ccccc8)c7n-5c46)n3)cc2)cc1. The summed E-state index contributed by atoms with van der Waals surface area (Å²) in [5, 5.41) is 3.75. The molecule has 248 valence electrons. The van der Waals surface area contributed by atoms with Gasteiger partial charge in [-0.05, 0) is 47.5 Å². The van der Waals surface area contributed by atoms with Gasteiger partial charge >= 0.3 is 0 Å². The number of hydrogen-bond donors (Lipinski definition) is 0. The van der Waals surface area contributed by atoms with E-state index in [1.807, 2.05) is 24.3 Å². The quantitative estimate of drug-likeness (QED) is 0.180. The molecule has 0 atom stereocenters. The van der Waals surface area contributed by atoms with E-state index in [1.54, 1.807) is 11.8 Å². The van der Waals surface area contributed by atoms with Crippen LogP contribution in [0.25, 0.3) is 89.5 Å². The zero-order valence-electron chi connectivity index (χ0n) is 28.4. The van der Waals surface area contributed by atoms with Gasteiger partial charge in [0.15, 0.2) is 17.5 Å². The van der Waals surface area contributed by atoms with Crippen molar-refractivity contribution in [2.24, 2.45) is 0 Å². The minimum atomic E-state index is 0.641. The maximum Gasteiger partial charge on any atom is 0.165 e. The molecule has 4 heterocycles. The molecular weight excluding hydrogens is 667 g/mol. The van der Waals surface area contributed by atoms with Crippen molar-refractivity contribution >= 4 is 44.6 Å². The second-order valence-electron chi connectivity index (χ2n) is 13.2. The summed E-state index contributed by atoms with van der Waals surface area (Å²) >= 11 is 1.79. The molecule has 3 aromatic heterocycles. The lowest BCUT2D eigenvalue weighted by atomic mass is 10.0. The van der Waals surface area contributed by atoms with Gasteiger partial charge in [0.1, 0.15) is 5.65 Å². The predicted octanol–water partition coefficient (Wildman–Crippen LogP) is 12.0. The van der Waals surface area contributed by atoms with Gasteiger partial charge in [-0.25, -0.2) is 15.0 Å². The average Bonchev–Trinajstić information content (AvgIpc) is 3.76. The van der Waals surface area contributed by atoms with Gasteiger partial charge in [0.2, 0.25) is 0 Å². The number of aromatic nitrogens is 5. The highest BCUT2D eigenvalue weighted by atomic mass is 32.2. The number of nitrogens with zero attached hydrogens (tertiary/aromatic N) is 5. The van der Waals surface area contributed by atoms with Gasteiger partial charge in [-0.15, -0.1) is 0 Å². The standard InChI is InChI=1S/C47H29N5S/c1-4-14-30(15-5-1)31-26-28-33(29-27-31)45-48-44(32-16-6-2-7-17-32)49-46(50-45)37-22-12-24-39-43(37)53-40-25-13-21-36-41-35-20-10-11-23-38(35)51(34-18-8-3-9-19-34)47(41)52(39)42(36)40/h1-29H. The Balaban J connectivity index is 1.15. The van der Waals surface area contributed by atoms with Crippen LogP contribution in [0.3, 0.4) is 0 Å². The second kappa shape index (κ2) is 11.9. The average molecular weight is 696 g/mol. The molecule has 0 spiro atoms. The second-order valence-corrected chi connectivity index (χ2v) is 14.3. The summed E-state index contributed by atoms with van der Waals surface area (Å²) in [6, 6.07) is 61.7. The van der Waals surface area contributed by atoms with E-state index in [9.17, 15) is 0 Å². The van der Waals surface area contributed by atoms with Crippen LogP contribution in [0.1, 0.15) is 0 Å². The lowest BCUT2D eigenvalue weighted by Gasteiger charge is -2.23. The van der Waals surface area contributed by atoms with Crippen LogP contribution in [0.4, 0.5) is 0 Å². The smallest absolute Gasteiger partial charge is 0.165 e. The third-order valence-corrected chi connectivity index (χ3v) is 11.4. The molecule has 0 N–H and O–H groups in total. The fourth-order valence-corrected chi connectivity index (χ4v) is 9.00. The summed E-state index contributed by atoms with van der Waals surface area (Å²) in [6.45, 7) is 0.